The molecule has 0 aliphatic rings. The highest BCUT2D eigenvalue weighted by molar-refractivity contribution is 9.10. The summed E-state index contributed by atoms with van der Waals surface area (Å²) >= 11 is 3.26. The minimum Gasteiger partial charge on any atom is -0.351 e. The van der Waals surface area contributed by atoms with Gasteiger partial charge in [-0.05, 0) is 52.7 Å². The van der Waals surface area contributed by atoms with Gasteiger partial charge in [-0.25, -0.2) is 13.9 Å². The van der Waals surface area contributed by atoms with Gasteiger partial charge in [-0.15, -0.1) is 0 Å². The zero-order chi connectivity index (χ0) is 25.4. The Morgan fingerprint density at radius 2 is 1.80 bits per heavy atom. The molecule has 0 saturated carbocycles. The van der Waals surface area contributed by atoms with Crippen LogP contribution in [-0.4, -0.2) is 43.0 Å². The molecule has 4 aromatic rings. The SMILES string of the molecule is O=C(NCCCn1cc(Br)cn1)c1cc2nc(-c3ccc(F)cc3)cc(C(F)(F)C(F)(F)F)n2n1. The van der Waals surface area contributed by atoms with Crippen LogP contribution in [0, 0.1) is 5.82 Å². The second-order valence-electron chi connectivity index (χ2n) is 7.44. The molecule has 0 saturated heterocycles. The van der Waals surface area contributed by atoms with E-state index in [1.54, 1.807) is 17.1 Å². The molecule has 3 heterocycles. The van der Waals surface area contributed by atoms with Crippen LogP contribution in [0.4, 0.5) is 26.3 Å². The molecule has 0 spiro atoms. The van der Waals surface area contributed by atoms with E-state index in [0.29, 0.717) is 19.0 Å². The van der Waals surface area contributed by atoms with Crippen molar-refractivity contribution in [3.8, 4) is 11.3 Å². The number of hydrogen-bond donors (Lipinski definition) is 1. The number of halogens is 7. The van der Waals surface area contributed by atoms with E-state index in [4.69, 9.17) is 0 Å². The third kappa shape index (κ3) is 5.16. The van der Waals surface area contributed by atoms with Gasteiger partial charge in [0.25, 0.3) is 5.91 Å². The van der Waals surface area contributed by atoms with E-state index in [9.17, 15) is 31.1 Å². The Morgan fingerprint density at radius 1 is 1.09 bits per heavy atom. The van der Waals surface area contributed by atoms with Crippen molar-refractivity contribution in [3.63, 3.8) is 0 Å². The van der Waals surface area contributed by atoms with E-state index in [2.05, 4.69) is 36.4 Å². The topological polar surface area (TPSA) is 77.1 Å². The predicted octanol–water partition coefficient (Wildman–Crippen LogP) is 4.97. The number of carbonyl (C=O) groups excluding carboxylic acids is 1. The number of carbonyl (C=O) groups is 1. The van der Waals surface area contributed by atoms with Crippen LogP contribution in [0.1, 0.15) is 22.6 Å². The number of hydrogen-bond acceptors (Lipinski definition) is 4. The van der Waals surface area contributed by atoms with Crippen LogP contribution >= 0.6 is 15.9 Å². The summed E-state index contributed by atoms with van der Waals surface area (Å²) in [6.07, 6.45) is -2.14. The van der Waals surface area contributed by atoms with Crippen molar-refractivity contribution in [1.82, 2.24) is 29.7 Å². The first kappa shape index (κ1) is 24.7. The Morgan fingerprint density at radius 3 is 2.43 bits per heavy atom. The van der Waals surface area contributed by atoms with E-state index < -0.39 is 40.9 Å². The molecule has 0 unspecified atom stereocenters. The van der Waals surface area contributed by atoms with Crippen molar-refractivity contribution < 1.29 is 31.1 Å². The van der Waals surface area contributed by atoms with Crippen LogP contribution in [0.15, 0.2) is 53.3 Å². The molecule has 35 heavy (non-hydrogen) atoms. The summed E-state index contributed by atoms with van der Waals surface area (Å²) < 4.78 is 84.3. The number of fused-ring (bicyclic) bond motifs is 1. The lowest BCUT2D eigenvalue weighted by molar-refractivity contribution is -0.291. The van der Waals surface area contributed by atoms with Gasteiger partial charge in [0.05, 0.1) is 16.4 Å². The van der Waals surface area contributed by atoms with Crippen LogP contribution in [0.25, 0.3) is 16.9 Å². The summed E-state index contributed by atoms with van der Waals surface area (Å²) in [7, 11) is 0. The minimum absolute atomic E-state index is 0.102. The molecule has 1 amide bonds. The van der Waals surface area contributed by atoms with Crippen molar-refractivity contribution in [2.45, 2.75) is 25.1 Å². The second kappa shape index (κ2) is 9.32. The van der Waals surface area contributed by atoms with E-state index in [-0.39, 0.29) is 22.3 Å². The Hall–Kier alpha value is -3.42. The van der Waals surface area contributed by atoms with Gasteiger partial charge < -0.3 is 5.32 Å². The van der Waals surface area contributed by atoms with Crippen molar-refractivity contribution in [1.29, 1.82) is 0 Å². The molecular formula is C21H15BrF6N6O. The molecule has 1 N–H and O–H groups in total. The smallest absolute Gasteiger partial charge is 0.351 e. The fourth-order valence-electron chi connectivity index (χ4n) is 3.22. The van der Waals surface area contributed by atoms with Crippen molar-refractivity contribution in [3.05, 3.63) is 70.5 Å². The average Bonchev–Trinajstić information content (AvgIpc) is 3.41. The van der Waals surface area contributed by atoms with E-state index in [1.165, 1.54) is 12.1 Å². The van der Waals surface area contributed by atoms with E-state index in [1.807, 2.05) is 0 Å². The highest BCUT2D eigenvalue weighted by Crippen LogP contribution is 2.44. The maximum Gasteiger partial charge on any atom is 0.459 e. The van der Waals surface area contributed by atoms with Crippen molar-refractivity contribution >= 4 is 27.5 Å². The Balaban J connectivity index is 1.64. The number of nitrogens with one attached hydrogen (secondary N) is 1. The number of aryl methyl sites for hydroxylation is 1. The highest BCUT2D eigenvalue weighted by atomic mass is 79.9. The van der Waals surface area contributed by atoms with Gasteiger partial charge in [-0.1, -0.05) is 0 Å². The fourth-order valence-corrected chi connectivity index (χ4v) is 3.54. The molecule has 184 valence electrons. The highest BCUT2D eigenvalue weighted by Gasteiger charge is 2.60. The summed E-state index contributed by atoms with van der Waals surface area (Å²) in [4.78, 5) is 16.5. The van der Waals surface area contributed by atoms with Gasteiger partial charge in [0.2, 0.25) is 0 Å². The lowest BCUT2D eigenvalue weighted by Gasteiger charge is -2.21. The molecule has 0 atom stereocenters. The third-order valence-electron chi connectivity index (χ3n) is 4.93. The molecule has 0 radical (unpaired) electrons. The largest absolute Gasteiger partial charge is 0.459 e. The van der Waals surface area contributed by atoms with E-state index in [0.717, 1.165) is 22.7 Å². The fraction of sp³-hybridized carbons (Fsp3) is 0.238. The number of alkyl halides is 5. The summed E-state index contributed by atoms with van der Waals surface area (Å²) in [5.41, 5.74) is -2.50. The minimum atomic E-state index is -5.93. The normalized spacial score (nSPS) is 12.3. The maximum atomic E-state index is 14.4. The number of benzene rings is 1. The summed E-state index contributed by atoms with van der Waals surface area (Å²) in [6.45, 7) is 0.644. The number of nitrogens with zero attached hydrogens (tertiary/aromatic N) is 5. The number of amides is 1. The molecule has 0 bridgehead atoms. The Labute approximate surface area is 201 Å². The van der Waals surface area contributed by atoms with Gasteiger partial charge in [0, 0.05) is 30.9 Å². The monoisotopic (exact) mass is 560 g/mol. The maximum absolute atomic E-state index is 14.4. The lowest BCUT2D eigenvalue weighted by Crippen LogP contribution is -2.36. The molecule has 14 heteroatoms. The molecule has 7 nitrogen and oxygen atoms in total. The zero-order valence-corrected chi connectivity index (χ0v) is 19.1. The number of rotatable bonds is 7. The third-order valence-corrected chi connectivity index (χ3v) is 5.34. The standard InChI is InChI=1S/C21H15BrF6N6O/c22-13-10-30-33(11-13)7-1-6-29-19(35)16-9-18-31-15(12-2-4-14(23)5-3-12)8-17(34(18)32-16)20(24,25)21(26,27)28/h2-5,8-11H,1,6-7H2,(H,29,35). The Kier molecular flexibility index (Phi) is 6.58. The van der Waals surface area contributed by atoms with Gasteiger partial charge in [0.1, 0.15) is 11.5 Å². The summed E-state index contributed by atoms with van der Waals surface area (Å²) in [5, 5.41) is 10.3. The average molecular weight is 561 g/mol. The van der Waals surface area contributed by atoms with Crippen molar-refractivity contribution in [2.24, 2.45) is 0 Å². The number of aromatic nitrogens is 5. The quantitative estimate of drug-likeness (QED) is 0.256. The first-order valence-electron chi connectivity index (χ1n) is 10.0. The van der Waals surface area contributed by atoms with Crippen molar-refractivity contribution in [2.75, 3.05) is 6.54 Å². The lowest BCUT2D eigenvalue weighted by atomic mass is 10.1. The Bertz CT molecular complexity index is 1370. The summed E-state index contributed by atoms with van der Waals surface area (Å²) in [5.74, 6) is -6.71. The second-order valence-corrected chi connectivity index (χ2v) is 8.35. The first-order chi connectivity index (χ1) is 16.5. The van der Waals surface area contributed by atoms with Gasteiger partial charge in [0.15, 0.2) is 11.3 Å². The summed E-state index contributed by atoms with van der Waals surface area (Å²) in [6, 6.07) is 5.92. The van der Waals surface area contributed by atoms with Crippen LogP contribution in [0.5, 0.6) is 0 Å². The predicted molar refractivity (Wildman–Crippen MR) is 115 cm³/mol. The molecule has 0 aliphatic heterocycles. The van der Waals surface area contributed by atoms with Gasteiger partial charge in [-0.3, -0.25) is 9.48 Å². The van der Waals surface area contributed by atoms with Gasteiger partial charge in [-0.2, -0.15) is 32.1 Å². The molecule has 4 rings (SSSR count). The van der Waals surface area contributed by atoms with Crippen LogP contribution in [0.3, 0.4) is 0 Å². The molecule has 1 aromatic carbocycles. The van der Waals surface area contributed by atoms with Gasteiger partial charge >= 0.3 is 12.1 Å². The molecule has 0 aliphatic carbocycles. The van der Waals surface area contributed by atoms with Crippen LogP contribution in [-0.2, 0) is 12.5 Å². The zero-order valence-electron chi connectivity index (χ0n) is 17.5. The molecule has 0 fully saturated rings. The van der Waals surface area contributed by atoms with Crippen LogP contribution in [0.2, 0.25) is 0 Å². The van der Waals surface area contributed by atoms with E-state index >= 15 is 0 Å². The first-order valence-corrected chi connectivity index (χ1v) is 10.8. The molecule has 3 aromatic heterocycles. The van der Waals surface area contributed by atoms with Crippen LogP contribution < -0.4 is 5.32 Å². The molecular weight excluding hydrogens is 546 g/mol.